The predicted molar refractivity (Wildman–Crippen MR) is 104 cm³/mol. The van der Waals surface area contributed by atoms with Gasteiger partial charge in [-0.3, -0.25) is 4.79 Å². The van der Waals surface area contributed by atoms with Crippen molar-refractivity contribution < 1.29 is 9.53 Å². The van der Waals surface area contributed by atoms with Gasteiger partial charge in [-0.1, -0.05) is 32.9 Å². The highest BCUT2D eigenvalue weighted by Gasteiger charge is 2.13. The molecule has 0 unspecified atom stereocenters. The van der Waals surface area contributed by atoms with Crippen molar-refractivity contribution in [3.05, 3.63) is 54.1 Å². The van der Waals surface area contributed by atoms with Gasteiger partial charge in [-0.15, -0.1) is 0 Å². The van der Waals surface area contributed by atoms with Gasteiger partial charge in [0.2, 0.25) is 5.91 Å². The molecule has 0 spiro atoms. The van der Waals surface area contributed by atoms with Gasteiger partial charge < -0.3 is 15.4 Å². The Morgan fingerprint density at radius 1 is 0.960 bits per heavy atom. The molecule has 1 amide bonds. The van der Waals surface area contributed by atoms with Crippen LogP contribution in [0.2, 0.25) is 0 Å². The van der Waals surface area contributed by atoms with Crippen LogP contribution in [-0.4, -0.2) is 19.1 Å². The van der Waals surface area contributed by atoms with Crippen LogP contribution in [0.25, 0.3) is 0 Å². The molecule has 134 valence electrons. The summed E-state index contributed by atoms with van der Waals surface area (Å²) in [6, 6.07) is 15.8. The molecule has 2 aromatic carbocycles. The van der Waals surface area contributed by atoms with E-state index in [1.165, 1.54) is 5.56 Å². The summed E-state index contributed by atoms with van der Waals surface area (Å²) < 4.78 is 5.41. The number of anilines is 2. The van der Waals surface area contributed by atoms with E-state index in [4.69, 9.17) is 4.74 Å². The first-order valence-electron chi connectivity index (χ1n) is 8.75. The Kier molecular flexibility index (Phi) is 6.45. The zero-order valence-electron chi connectivity index (χ0n) is 15.6. The number of hydrogen-bond acceptors (Lipinski definition) is 3. The monoisotopic (exact) mass is 340 g/mol. The Hall–Kier alpha value is -2.49. The van der Waals surface area contributed by atoms with Gasteiger partial charge in [0.05, 0.1) is 6.61 Å². The minimum atomic E-state index is 0.00180. The number of amides is 1. The van der Waals surface area contributed by atoms with Gasteiger partial charge >= 0.3 is 0 Å². The molecular formula is C21H28N2O2. The second-order valence-electron chi connectivity index (χ2n) is 7.01. The van der Waals surface area contributed by atoms with Crippen LogP contribution in [-0.2, 0) is 10.2 Å². The number of ether oxygens (including phenoxy) is 1. The molecule has 2 aromatic rings. The predicted octanol–water partition coefficient (Wildman–Crippen LogP) is 4.82. The molecule has 0 bridgehead atoms. The van der Waals surface area contributed by atoms with Crippen molar-refractivity contribution in [1.29, 1.82) is 0 Å². The molecule has 0 aromatic heterocycles. The first kappa shape index (κ1) is 18.8. The van der Waals surface area contributed by atoms with E-state index < -0.39 is 0 Å². The maximum absolute atomic E-state index is 12.1. The van der Waals surface area contributed by atoms with Crippen LogP contribution in [0.1, 0.15) is 39.7 Å². The van der Waals surface area contributed by atoms with Gasteiger partial charge in [-0.2, -0.15) is 0 Å². The molecule has 0 fully saturated rings. The Labute approximate surface area is 150 Å². The lowest BCUT2D eigenvalue weighted by Gasteiger charge is -2.19. The van der Waals surface area contributed by atoms with E-state index in [-0.39, 0.29) is 11.3 Å². The largest absolute Gasteiger partial charge is 0.494 e. The molecule has 4 nitrogen and oxygen atoms in total. The third kappa shape index (κ3) is 6.14. The molecule has 4 heteroatoms. The standard InChI is InChI=1S/C21H28N2O2/c1-5-25-19-12-10-17(11-13-19)22-15-14-20(24)23-18-8-6-16(7-9-18)21(2,3)4/h6-13,22H,5,14-15H2,1-4H3,(H,23,24). The van der Waals surface area contributed by atoms with Crippen molar-refractivity contribution in [2.45, 2.75) is 39.5 Å². The van der Waals surface area contributed by atoms with Gasteiger partial charge in [0, 0.05) is 24.3 Å². The lowest BCUT2D eigenvalue weighted by molar-refractivity contribution is -0.115. The number of carbonyl (C=O) groups is 1. The molecule has 25 heavy (non-hydrogen) atoms. The van der Waals surface area contributed by atoms with Crippen molar-refractivity contribution in [3.8, 4) is 5.75 Å². The van der Waals surface area contributed by atoms with Crippen molar-refractivity contribution in [1.82, 2.24) is 0 Å². The molecule has 0 saturated heterocycles. The van der Waals surface area contributed by atoms with Crippen LogP contribution >= 0.6 is 0 Å². The van der Waals surface area contributed by atoms with Gasteiger partial charge in [0.15, 0.2) is 0 Å². The third-order valence-electron chi connectivity index (χ3n) is 3.88. The summed E-state index contributed by atoms with van der Waals surface area (Å²) in [6.07, 6.45) is 0.411. The van der Waals surface area contributed by atoms with Crippen molar-refractivity contribution in [2.75, 3.05) is 23.8 Å². The van der Waals surface area contributed by atoms with E-state index in [0.717, 1.165) is 17.1 Å². The number of nitrogens with one attached hydrogen (secondary N) is 2. The number of carbonyl (C=O) groups excluding carboxylic acids is 1. The average molecular weight is 340 g/mol. The summed E-state index contributed by atoms with van der Waals surface area (Å²) >= 11 is 0. The maximum atomic E-state index is 12.1. The highest BCUT2D eigenvalue weighted by Crippen LogP contribution is 2.23. The van der Waals surface area contributed by atoms with Crippen LogP contribution in [0.5, 0.6) is 5.75 Å². The number of hydrogen-bond donors (Lipinski definition) is 2. The number of rotatable bonds is 7. The molecule has 0 radical (unpaired) electrons. The zero-order chi connectivity index (χ0) is 18.3. The summed E-state index contributed by atoms with van der Waals surface area (Å²) in [5.74, 6) is 0.853. The normalized spacial score (nSPS) is 11.0. The fourth-order valence-electron chi connectivity index (χ4n) is 2.43. The molecule has 2 rings (SSSR count). The summed E-state index contributed by atoms with van der Waals surface area (Å²) in [4.78, 5) is 12.1. The fourth-order valence-corrected chi connectivity index (χ4v) is 2.43. The highest BCUT2D eigenvalue weighted by atomic mass is 16.5. The molecule has 0 saturated carbocycles. The highest BCUT2D eigenvalue weighted by molar-refractivity contribution is 5.91. The van der Waals surface area contributed by atoms with E-state index in [9.17, 15) is 4.79 Å². The van der Waals surface area contributed by atoms with Crippen LogP contribution in [0.15, 0.2) is 48.5 Å². The summed E-state index contributed by atoms with van der Waals surface area (Å²) in [7, 11) is 0. The molecule has 0 aliphatic heterocycles. The van der Waals surface area contributed by atoms with E-state index in [1.54, 1.807) is 0 Å². The molecule has 0 heterocycles. The fraction of sp³-hybridized carbons (Fsp3) is 0.381. The minimum absolute atomic E-state index is 0.00180. The maximum Gasteiger partial charge on any atom is 0.226 e. The van der Waals surface area contributed by atoms with Crippen LogP contribution in [0.3, 0.4) is 0 Å². The quantitative estimate of drug-likeness (QED) is 0.759. The van der Waals surface area contributed by atoms with Gasteiger partial charge in [-0.25, -0.2) is 0 Å². The molecular weight excluding hydrogens is 312 g/mol. The summed E-state index contributed by atoms with van der Waals surface area (Å²) in [6.45, 7) is 9.72. The lowest BCUT2D eigenvalue weighted by Crippen LogP contribution is -2.16. The minimum Gasteiger partial charge on any atom is -0.494 e. The summed E-state index contributed by atoms with van der Waals surface area (Å²) in [5.41, 5.74) is 3.18. The van der Waals surface area contributed by atoms with E-state index in [1.807, 2.05) is 43.3 Å². The average Bonchev–Trinajstić information content (AvgIpc) is 2.56. The van der Waals surface area contributed by atoms with Crippen LogP contribution < -0.4 is 15.4 Å². The molecule has 0 aliphatic rings. The Balaban J connectivity index is 1.77. The molecule has 0 atom stereocenters. The number of benzene rings is 2. The smallest absolute Gasteiger partial charge is 0.226 e. The van der Waals surface area contributed by atoms with Crippen molar-refractivity contribution in [3.63, 3.8) is 0 Å². The SMILES string of the molecule is CCOc1ccc(NCCC(=O)Nc2ccc(C(C)(C)C)cc2)cc1. The van der Waals surface area contributed by atoms with Crippen molar-refractivity contribution >= 4 is 17.3 Å². The van der Waals surface area contributed by atoms with Gasteiger partial charge in [-0.05, 0) is 54.3 Å². The summed E-state index contributed by atoms with van der Waals surface area (Å²) in [5, 5.41) is 6.18. The molecule has 2 N–H and O–H groups in total. The third-order valence-corrected chi connectivity index (χ3v) is 3.88. The Morgan fingerprint density at radius 2 is 1.56 bits per heavy atom. The van der Waals surface area contributed by atoms with Gasteiger partial charge in [0.1, 0.15) is 5.75 Å². The topological polar surface area (TPSA) is 50.4 Å². The second kappa shape index (κ2) is 8.56. The van der Waals surface area contributed by atoms with Gasteiger partial charge in [0.25, 0.3) is 0 Å². The second-order valence-corrected chi connectivity index (χ2v) is 7.01. The molecule has 0 aliphatic carbocycles. The van der Waals surface area contributed by atoms with E-state index in [2.05, 4.69) is 43.5 Å². The Morgan fingerprint density at radius 3 is 2.12 bits per heavy atom. The van der Waals surface area contributed by atoms with E-state index >= 15 is 0 Å². The van der Waals surface area contributed by atoms with E-state index in [0.29, 0.717) is 19.6 Å². The van der Waals surface area contributed by atoms with Crippen LogP contribution in [0, 0.1) is 0 Å². The lowest BCUT2D eigenvalue weighted by atomic mass is 9.87. The Bertz CT molecular complexity index is 671. The van der Waals surface area contributed by atoms with Crippen molar-refractivity contribution in [2.24, 2.45) is 0 Å². The first-order valence-corrected chi connectivity index (χ1v) is 8.75. The van der Waals surface area contributed by atoms with Crippen LogP contribution in [0.4, 0.5) is 11.4 Å². The zero-order valence-corrected chi connectivity index (χ0v) is 15.6. The first-order chi connectivity index (χ1) is 11.9.